The molecule has 0 aliphatic heterocycles. The summed E-state index contributed by atoms with van der Waals surface area (Å²) < 4.78 is 0. The molecular weight excluding hydrogens is 246 g/mol. The highest BCUT2D eigenvalue weighted by Crippen LogP contribution is 1.98. The van der Waals surface area contributed by atoms with Crippen molar-refractivity contribution in [3.63, 3.8) is 0 Å². The number of hydrogen-bond donors (Lipinski definition) is 3. The predicted octanol–water partition coefficient (Wildman–Crippen LogP) is 0.482. The lowest BCUT2D eigenvalue weighted by atomic mass is 10.2. The van der Waals surface area contributed by atoms with Crippen LogP contribution in [-0.2, 0) is 4.79 Å². The summed E-state index contributed by atoms with van der Waals surface area (Å²) in [5.41, 5.74) is 0.504. The molecule has 1 aromatic carbocycles. The average Bonchev–Trinajstić information content (AvgIpc) is 2.82. The average molecular weight is 259 g/mol. The number of H-pyrrole nitrogens is 1. The summed E-state index contributed by atoms with van der Waals surface area (Å²) in [5.74, 6) is 0.102. The van der Waals surface area contributed by atoms with Gasteiger partial charge in [-0.25, -0.2) is 0 Å². The Labute approximate surface area is 109 Å². The summed E-state index contributed by atoms with van der Waals surface area (Å²) in [4.78, 5) is 27.1. The monoisotopic (exact) mass is 259 g/mol. The number of nitrogens with one attached hydrogen (secondary N) is 3. The lowest BCUT2D eigenvalue weighted by molar-refractivity contribution is -0.115. The van der Waals surface area contributed by atoms with Crippen LogP contribution in [0.15, 0.2) is 30.3 Å². The second kappa shape index (κ2) is 5.76. The van der Waals surface area contributed by atoms with Gasteiger partial charge in [-0.05, 0) is 19.1 Å². The van der Waals surface area contributed by atoms with Gasteiger partial charge in [0, 0.05) is 5.56 Å². The summed E-state index contributed by atoms with van der Waals surface area (Å²) in [5, 5.41) is 11.3. The third kappa shape index (κ3) is 3.63. The van der Waals surface area contributed by atoms with Crippen LogP contribution in [0.1, 0.15) is 16.2 Å². The van der Waals surface area contributed by atoms with Crippen molar-refractivity contribution in [3.8, 4) is 0 Å². The van der Waals surface area contributed by atoms with Gasteiger partial charge in [0.25, 0.3) is 5.91 Å². The molecule has 1 aromatic heterocycles. The topological polar surface area (TPSA) is 99.8 Å². The molecule has 0 saturated carbocycles. The van der Waals surface area contributed by atoms with Gasteiger partial charge in [-0.3, -0.25) is 20.0 Å². The molecule has 2 rings (SSSR count). The second-order valence-electron chi connectivity index (χ2n) is 3.84. The first kappa shape index (κ1) is 12.7. The van der Waals surface area contributed by atoms with Crippen molar-refractivity contribution in [2.45, 2.75) is 6.92 Å². The first-order valence-electron chi connectivity index (χ1n) is 5.67. The number of aromatic amines is 1. The van der Waals surface area contributed by atoms with Crippen molar-refractivity contribution < 1.29 is 9.59 Å². The molecule has 2 aromatic rings. The summed E-state index contributed by atoms with van der Waals surface area (Å²) in [7, 11) is 0. The maximum absolute atomic E-state index is 11.7. The van der Waals surface area contributed by atoms with E-state index in [0.29, 0.717) is 11.4 Å². The van der Waals surface area contributed by atoms with Crippen LogP contribution < -0.4 is 10.6 Å². The second-order valence-corrected chi connectivity index (χ2v) is 3.84. The van der Waals surface area contributed by atoms with Gasteiger partial charge in [-0.2, -0.15) is 4.98 Å². The van der Waals surface area contributed by atoms with E-state index in [1.165, 1.54) is 0 Å². The molecule has 0 bridgehead atoms. The SMILES string of the molecule is Cc1nc(NC(=O)CNC(=O)c2ccccc2)n[nH]1. The summed E-state index contributed by atoms with van der Waals surface area (Å²) >= 11 is 0. The minimum absolute atomic E-state index is 0.138. The molecule has 98 valence electrons. The summed E-state index contributed by atoms with van der Waals surface area (Å²) in [6.07, 6.45) is 0. The van der Waals surface area contributed by atoms with E-state index in [4.69, 9.17) is 0 Å². The van der Waals surface area contributed by atoms with E-state index in [9.17, 15) is 9.59 Å². The maximum atomic E-state index is 11.7. The van der Waals surface area contributed by atoms with Gasteiger partial charge in [0.05, 0.1) is 6.54 Å². The summed E-state index contributed by atoms with van der Waals surface area (Å²) in [6, 6.07) is 8.67. The molecule has 0 unspecified atom stereocenters. The minimum Gasteiger partial charge on any atom is -0.343 e. The predicted molar refractivity (Wildman–Crippen MR) is 68.5 cm³/mol. The van der Waals surface area contributed by atoms with Crippen LogP contribution >= 0.6 is 0 Å². The number of nitrogens with zero attached hydrogens (tertiary/aromatic N) is 2. The lowest BCUT2D eigenvalue weighted by Gasteiger charge is -2.04. The van der Waals surface area contributed by atoms with E-state index in [0.717, 1.165) is 0 Å². The highest BCUT2D eigenvalue weighted by molar-refractivity contribution is 5.98. The molecule has 0 saturated heterocycles. The molecule has 0 fully saturated rings. The van der Waals surface area contributed by atoms with Gasteiger partial charge < -0.3 is 5.32 Å². The van der Waals surface area contributed by atoms with E-state index in [1.54, 1.807) is 31.2 Å². The summed E-state index contributed by atoms with van der Waals surface area (Å²) in [6.45, 7) is 1.58. The number of aromatic nitrogens is 3. The molecule has 0 atom stereocenters. The number of carbonyl (C=O) groups excluding carboxylic acids is 2. The van der Waals surface area contributed by atoms with Crippen molar-refractivity contribution in [2.75, 3.05) is 11.9 Å². The lowest BCUT2D eigenvalue weighted by Crippen LogP contribution is -2.33. The fraction of sp³-hybridized carbons (Fsp3) is 0.167. The first-order valence-corrected chi connectivity index (χ1v) is 5.67. The van der Waals surface area contributed by atoms with Crippen molar-refractivity contribution in [1.82, 2.24) is 20.5 Å². The number of hydrogen-bond acceptors (Lipinski definition) is 4. The van der Waals surface area contributed by atoms with Gasteiger partial charge in [-0.1, -0.05) is 18.2 Å². The van der Waals surface area contributed by atoms with Crippen LogP contribution in [0.2, 0.25) is 0 Å². The normalized spacial score (nSPS) is 9.95. The standard InChI is InChI=1S/C12H13N5O2/c1-8-14-12(17-16-8)15-10(18)7-13-11(19)9-5-3-2-4-6-9/h2-6H,7H2,1H3,(H,13,19)(H2,14,15,16,17,18). The zero-order valence-corrected chi connectivity index (χ0v) is 10.3. The van der Waals surface area contributed by atoms with Gasteiger partial charge in [-0.15, -0.1) is 5.10 Å². The Morgan fingerprint density at radius 2 is 2.00 bits per heavy atom. The molecular formula is C12H13N5O2. The Bertz CT molecular complexity index is 579. The molecule has 0 radical (unpaired) electrons. The van der Waals surface area contributed by atoms with Gasteiger partial charge in [0.15, 0.2) is 0 Å². The molecule has 7 nitrogen and oxygen atoms in total. The van der Waals surface area contributed by atoms with E-state index in [1.807, 2.05) is 6.07 Å². The Morgan fingerprint density at radius 3 is 2.63 bits per heavy atom. The van der Waals surface area contributed by atoms with Crippen molar-refractivity contribution in [3.05, 3.63) is 41.7 Å². The molecule has 2 amide bonds. The smallest absolute Gasteiger partial charge is 0.251 e. The van der Waals surface area contributed by atoms with Crippen molar-refractivity contribution in [2.24, 2.45) is 0 Å². The van der Waals surface area contributed by atoms with Crippen LogP contribution in [0.4, 0.5) is 5.95 Å². The fourth-order valence-electron chi connectivity index (χ4n) is 1.42. The van der Waals surface area contributed by atoms with Crippen LogP contribution in [0, 0.1) is 6.92 Å². The zero-order valence-electron chi connectivity index (χ0n) is 10.3. The third-order valence-corrected chi connectivity index (χ3v) is 2.29. The number of carbonyl (C=O) groups is 2. The fourth-order valence-corrected chi connectivity index (χ4v) is 1.42. The molecule has 0 aliphatic carbocycles. The van der Waals surface area contributed by atoms with E-state index < -0.39 is 0 Å². The highest BCUT2D eigenvalue weighted by Gasteiger charge is 2.09. The Balaban J connectivity index is 1.82. The number of anilines is 1. The van der Waals surface area contributed by atoms with E-state index >= 15 is 0 Å². The largest absolute Gasteiger partial charge is 0.343 e. The van der Waals surface area contributed by atoms with Gasteiger partial charge >= 0.3 is 0 Å². The zero-order chi connectivity index (χ0) is 13.7. The molecule has 0 spiro atoms. The molecule has 0 aliphatic rings. The quantitative estimate of drug-likeness (QED) is 0.743. The molecule has 19 heavy (non-hydrogen) atoms. The van der Waals surface area contributed by atoms with Crippen LogP contribution in [0.5, 0.6) is 0 Å². The number of benzene rings is 1. The Morgan fingerprint density at radius 1 is 1.26 bits per heavy atom. The number of aryl methyl sites for hydroxylation is 1. The first-order chi connectivity index (χ1) is 9.15. The third-order valence-electron chi connectivity index (χ3n) is 2.29. The number of rotatable bonds is 4. The molecule has 7 heteroatoms. The Hall–Kier alpha value is -2.70. The van der Waals surface area contributed by atoms with E-state index in [2.05, 4.69) is 25.8 Å². The maximum Gasteiger partial charge on any atom is 0.251 e. The highest BCUT2D eigenvalue weighted by atomic mass is 16.2. The minimum atomic E-state index is -0.386. The molecule has 1 heterocycles. The van der Waals surface area contributed by atoms with Gasteiger partial charge in [0.1, 0.15) is 5.82 Å². The van der Waals surface area contributed by atoms with Crippen molar-refractivity contribution >= 4 is 17.8 Å². The van der Waals surface area contributed by atoms with Crippen molar-refractivity contribution in [1.29, 1.82) is 0 Å². The Kier molecular flexibility index (Phi) is 3.87. The van der Waals surface area contributed by atoms with Crippen LogP contribution in [0.3, 0.4) is 0 Å². The van der Waals surface area contributed by atoms with Crippen LogP contribution in [-0.4, -0.2) is 33.5 Å². The molecule has 3 N–H and O–H groups in total. The van der Waals surface area contributed by atoms with E-state index in [-0.39, 0.29) is 24.3 Å². The van der Waals surface area contributed by atoms with Gasteiger partial charge in [0.2, 0.25) is 11.9 Å². The number of amides is 2. The van der Waals surface area contributed by atoms with Crippen LogP contribution in [0.25, 0.3) is 0 Å².